The summed E-state index contributed by atoms with van der Waals surface area (Å²) in [7, 11) is 0. The van der Waals surface area contributed by atoms with Crippen molar-refractivity contribution >= 4 is 11.6 Å². The van der Waals surface area contributed by atoms with Crippen LogP contribution in [-0.2, 0) is 11.3 Å². The number of amides is 1. The van der Waals surface area contributed by atoms with Crippen molar-refractivity contribution in [2.75, 3.05) is 18.4 Å². The Morgan fingerprint density at radius 1 is 1.13 bits per heavy atom. The lowest BCUT2D eigenvalue weighted by atomic mass is 9.96. The standard InChI is InChI=1S/C20H24N2O/c1-16-8-5-6-12-19(16)21-20(23)18-11-7-13-22(15-18)14-17-9-3-2-4-10-17/h2-6,8-10,12,18H,7,11,13-15H2,1H3,(H,21,23). The summed E-state index contributed by atoms with van der Waals surface area (Å²) in [5.74, 6) is 0.226. The molecule has 3 heteroatoms. The average molecular weight is 308 g/mol. The second kappa shape index (κ2) is 7.42. The molecule has 1 heterocycles. The monoisotopic (exact) mass is 308 g/mol. The molecule has 1 aliphatic rings. The number of anilines is 1. The quantitative estimate of drug-likeness (QED) is 0.930. The largest absolute Gasteiger partial charge is 0.326 e. The van der Waals surface area contributed by atoms with E-state index >= 15 is 0 Å². The van der Waals surface area contributed by atoms with Crippen LogP contribution >= 0.6 is 0 Å². The Labute approximate surface area is 138 Å². The zero-order valence-electron chi connectivity index (χ0n) is 13.7. The molecule has 1 atom stereocenters. The molecule has 2 aromatic rings. The number of piperidine rings is 1. The number of hydrogen-bond acceptors (Lipinski definition) is 2. The number of para-hydroxylation sites is 1. The van der Waals surface area contributed by atoms with E-state index in [1.807, 2.05) is 37.3 Å². The molecule has 0 radical (unpaired) electrons. The first-order chi connectivity index (χ1) is 11.2. The molecule has 1 fully saturated rings. The lowest BCUT2D eigenvalue weighted by Crippen LogP contribution is -2.40. The number of carbonyl (C=O) groups is 1. The summed E-state index contributed by atoms with van der Waals surface area (Å²) in [6.07, 6.45) is 2.06. The number of aryl methyl sites for hydroxylation is 1. The van der Waals surface area contributed by atoms with Gasteiger partial charge in [-0.25, -0.2) is 0 Å². The molecule has 1 N–H and O–H groups in total. The van der Waals surface area contributed by atoms with E-state index in [1.165, 1.54) is 5.56 Å². The minimum absolute atomic E-state index is 0.0760. The van der Waals surface area contributed by atoms with Crippen LogP contribution in [0, 0.1) is 12.8 Å². The molecular formula is C20H24N2O. The van der Waals surface area contributed by atoms with E-state index in [1.54, 1.807) is 0 Å². The lowest BCUT2D eigenvalue weighted by molar-refractivity contribution is -0.121. The third-order valence-corrected chi connectivity index (χ3v) is 4.53. The predicted molar refractivity (Wildman–Crippen MR) is 94.3 cm³/mol. The van der Waals surface area contributed by atoms with E-state index in [9.17, 15) is 4.79 Å². The molecule has 3 rings (SSSR count). The van der Waals surface area contributed by atoms with Crippen molar-refractivity contribution in [3.8, 4) is 0 Å². The maximum atomic E-state index is 12.6. The van der Waals surface area contributed by atoms with E-state index in [0.717, 1.165) is 43.7 Å². The fraction of sp³-hybridized carbons (Fsp3) is 0.350. The summed E-state index contributed by atoms with van der Waals surface area (Å²) in [5.41, 5.74) is 3.35. The van der Waals surface area contributed by atoms with Crippen LogP contribution in [0.5, 0.6) is 0 Å². The van der Waals surface area contributed by atoms with Crippen molar-refractivity contribution < 1.29 is 4.79 Å². The second-order valence-corrected chi connectivity index (χ2v) is 6.36. The second-order valence-electron chi connectivity index (χ2n) is 6.36. The SMILES string of the molecule is Cc1ccccc1NC(=O)C1CCCN(Cc2ccccc2)C1. The van der Waals surface area contributed by atoms with Crippen molar-refractivity contribution in [1.82, 2.24) is 4.90 Å². The van der Waals surface area contributed by atoms with Gasteiger partial charge in [0.1, 0.15) is 0 Å². The van der Waals surface area contributed by atoms with E-state index in [0.29, 0.717) is 0 Å². The summed E-state index contributed by atoms with van der Waals surface area (Å²) >= 11 is 0. The summed E-state index contributed by atoms with van der Waals surface area (Å²) in [5, 5.41) is 3.10. The van der Waals surface area contributed by atoms with Crippen LogP contribution in [0.2, 0.25) is 0 Å². The van der Waals surface area contributed by atoms with Crippen LogP contribution < -0.4 is 5.32 Å². The van der Waals surface area contributed by atoms with Gasteiger partial charge in [-0.1, -0.05) is 48.5 Å². The van der Waals surface area contributed by atoms with Gasteiger partial charge < -0.3 is 5.32 Å². The Morgan fingerprint density at radius 3 is 2.65 bits per heavy atom. The summed E-state index contributed by atoms with van der Waals surface area (Å²) < 4.78 is 0. The number of benzene rings is 2. The molecule has 1 saturated heterocycles. The Morgan fingerprint density at radius 2 is 1.87 bits per heavy atom. The highest BCUT2D eigenvalue weighted by Gasteiger charge is 2.26. The van der Waals surface area contributed by atoms with Crippen LogP contribution in [-0.4, -0.2) is 23.9 Å². The molecule has 1 unspecified atom stereocenters. The predicted octanol–water partition coefficient (Wildman–Crippen LogP) is 3.85. The van der Waals surface area contributed by atoms with Crippen LogP contribution in [0.3, 0.4) is 0 Å². The Bertz CT molecular complexity index is 654. The third kappa shape index (κ3) is 4.20. The zero-order chi connectivity index (χ0) is 16.1. The number of carbonyl (C=O) groups excluding carboxylic acids is 1. The molecule has 0 saturated carbocycles. The van der Waals surface area contributed by atoms with Gasteiger partial charge in [-0.2, -0.15) is 0 Å². The fourth-order valence-electron chi connectivity index (χ4n) is 3.20. The van der Waals surface area contributed by atoms with Gasteiger partial charge in [0.2, 0.25) is 5.91 Å². The molecule has 2 aromatic carbocycles. The average Bonchev–Trinajstić information content (AvgIpc) is 2.58. The number of nitrogens with zero attached hydrogens (tertiary/aromatic N) is 1. The van der Waals surface area contributed by atoms with Crippen LogP contribution in [0.1, 0.15) is 24.0 Å². The lowest BCUT2D eigenvalue weighted by Gasteiger charge is -2.32. The van der Waals surface area contributed by atoms with Gasteiger partial charge in [0, 0.05) is 18.8 Å². The maximum Gasteiger partial charge on any atom is 0.228 e. The molecule has 1 aliphatic heterocycles. The van der Waals surface area contributed by atoms with Crippen molar-refractivity contribution in [3.63, 3.8) is 0 Å². The van der Waals surface area contributed by atoms with Gasteiger partial charge in [0.05, 0.1) is 5.92 Å². The molecule has 120 valence electrons. The first kappa shape index (κ1) is 15.8. The fourth-order valence-corrected chi connectivity index (χ4v) is 3.20. The number of nitrogens with one attached hydrogen (secondary N) is 1. The van der Waals surface area contributed by atoms with Crippen molar-refractivity contribution in [3.05, 3.63) is 65.7 Å². The van der Waals surface area contributed by atoms with E-state index in [2.05, 4.69) is 34.5 Å². The maximum absolute atomic E-state index is 12.6. The number of rotatable bonds is 4. The van der Waals surface area contributed by atoms with Gasteiger partial charge in [-0.15, -0.1) is 0 Å². The third-order valence-electron chi connectivity index (χ3n) is 4.53. The molecule has 0 bridgehead atoms. The molecule has 1 amide bonds. The molecule has 0 aromatic heterocycles. The van der Waals surface area contributed by atoms with Gasteiger partial charge in [0.25, 0.3) is 0 Å². The van der Waals surface area contributed by atoms with E-state index in [4.69, 9.17) is 0 Å². The minimum Gasteiger partial charge on any atom is -0.326 e. The van der Waals surface area contributed by atoms with Gasteiger partial charge in [-0.3, -0.25) is 9.69 Å². The molecule has 23 heavy (non-hydrogen) atoms. The van der Waals surface area contributed by atoms with Crippen LogP contribution in [0.4, 0.5) is 5.69 Å². The molecule has 0 aliphatic carbocycles. The first-order valence-electron chi connectivity index (χ1n) is 8.35. The molecular weight excluding hydrogens is 284 g/mol. The van der Waals surface area contributed by atoms with Gasteiger partial charge in [0.15, 0.2) is 0 Å². The van der Waals surface area contributed by atoms with Crippen LogP contribution in [0.15, 0.2) is 54.6 Å². The smallest absolute Gasteiger partial charge is 0.228 e. The normalized spacial score (nSPS) is 18.6. The van der Waals surface area contributed by atoms with Crippen LogP contribution in [0.25, 0.3) is 0 Å². The Balaban J connectivity index is 1.59. The molecule has 0 spiro atoms. The van der Waals surface area contributed by atoms with Crippen molar-refractivity contribution in [2.24, 2.45) is 5.92 Å². The Kier molecular flexibility index (Phi) is 5.09. The Hall–Kier alpha value is -2.13. The van der Waals surface area contributed by atoms with Gasteiger partial charge >= 0.3 is 0 Å². The summed E-state index contributed by atoms with van der Waals surface area (Å²) in [6, 6.07) is 18.4. The van der Waals surface area contributed by atoms with E-state index < -0.39 is 0 Å². The zero-order valence-corrected chi connectivity index (χ0v) is 13.7. The summed E-state index contributed by atoms with van der Waals surface area (Å²) in [4.78, 5) is 15.0. The highest BCUT2D eigenvalue weighted by atomic mass is 16.1. The van der Waals surface area contributed by atoms with Gasteiger partial charge in [-0.05, 0) is 43.5 Å². The number of hydrogen-bond donors (Lipinski definition) is 1. The number of likely N-dealkylation sites (tertiary alicyclic amines) is 1. The van der Waals surface area contributed by atoms with Crippen molar-refractivity contribution in [2.45, 2.75) is 26.3 Å². The highest BCUT2D eigenvalue weighted by Crippen LogP contribution is 2.21. The first-order valence-corrected chi connectivity index (χ1v) is 8.35. The minimum atomic E-state index is 0.0760. The highest BCUT2D eigenvalue weighted by molar-refractivity contribution is 5.93. The van der Waals surface area contributed by atoms with E-state index in [-0.39, 0.29) is 11.8 Å². The summed E-state index contributed by atoms with van der Waals surface area (Å²) in [6.45, 7) is 4.86. The topological polar surface area (TPSA) is 32.3 Å². The van der Waals surface area contributed by atoms with Crippen molar-refractivity contribution in [1.29, 1.82) is 0 Å². The molecule has 3 nitrogen and oxygen atoms in total.